The second-order valence-corrected chi connectivity index (χ2v) is 7.41. The Labute approximate surface area is 174 Å². The van der Waals surface area contributed by atoms with Crippen molar-refractivity contribution in [1.29, 1.82) is 0 Å². The maximum absolute atomic E-state index is 12.5. The van der Waals surface area contributed by atoms with Gasteiger partial charge in [-0.2, -0.15) is 0 Å². The van der Waals surface area contributed by atoms with Crippen molar-refractivity contribution < 1.29 is 23.9 Å². The highest BCUT2D eigenvalue weighted by atomic mass is 16.6. The molecule has 2 rings (SSSR count). The Balaban J connectivity index is 2.09. The molecule has 0 bridgehead atoms. The molecule has 30 heavy (non-hydrogen) atoms. The topological polar surface area (TPSA) is 132 Å². The maximum atomic E-state index is 12.5. The van der Waals surface area contributed by atoms with Gasteiger partial charge in [0.25, 0.3) is 5.91 Å². The molecule has 0 aromatic heterocycles. The van der Waals surface area contributed by atoms with E-state index < -0.39 is 17.7 Å². The highest BCUT2D eigenvalue weighted by molar-refractivity contribution is 6.04. The standard InChI is InChI=1S/C21H26N4O5/c1-21(2,3)30-20(28)25-16-11-15(9-10-17(16)29-4)24-18(26)14-7-5-13(6-8-14)12-23-19(22)27/h5-11H,12H2,1-4H3,(H,24,26)(H,25,28)(H3,22,23,27). The molecule has 5 N–H and O–H groups in total. The number of primary amides is 1. The smallest absolute Gasteiger partial charge is 0.412 e. The van der Waals surface area contributed by atoms with Gasteiger partial charge >= 0.3 is 12.1 Å². The Bertz CT molecular complexity index is 920. The minimum Gasteiger partial charge on any atom is -0.495 e. The van der Waals surface area contributed by atoms with Gasteiger partial charge in [0.1, 0.15) is 11.4 Å². The summed E-state index contributed by atoms with van der Waals surface area (Å²) in [7, 11) is 1.47. The molecule has 2 aromatic rings. The molecule has 160 valence electrons. The summed E-state index contributed by atoms with van der Waals surface area (Å²) in [5.41, 5.74) is 6.44. The predicted molar refractivity (Wildman–Crippen MR) is 114 cm³/mol. The average Bonchev–Trinajstić information content (AvgIpc) is 2.65. The van der Waals surface area contributed by atoms with Gasteiger partial charge in [-0.3, -0.25) is 10.1 Å². The van der Waals surface area contributed by atoms with E-state index >= 15 is 0 Å². The molecular weight excluding hydrogens is 388 g/mol. The normalized spacial score (nSPS) is 10.7. The van der Waals surface area contributed by atoms with E-state index in [9.17, 15) is 14.4 Å². The molecule has 0 fully saturated rings. The monoisotopic (exact) mass is 414 g/mol. The molecule has 9 nitrogen and oxygen atoms in total. The number of nitrogens with two attached hydrogens (primary N) is 1. The van der Waals surface area contributed by atoms with Gasteiger partial charge in [-0.05, 0) is 56.7 Å². The highest BCUT2D eigenvalue weighted by Gasteiger charge is 2.18. The average molecular weight is 414 g/mol. The summed E-state index contributed by atoms with van der Waals surface area (Å²) in [6.45, 7) is 5.55. The number of benzene rings is 2. The van der Waals surface area contributed by atoms with Crippen LogP contribution in [0.2, 0.25) is 0 Å². The molecule has 0 aliphatic heterocycles. The molecule has 2 aromatic carbocycles. The molecule has 0 saturated heterocycles. The van der Waals surface area contributed by atoms with Crippen LogP contribution in [0.5, 0.6) is 5.75 Å². The van der Waals surface area contributed by atoms with Crippen molar-refractivity contribution in [3.05, 3.63) is 53.6 Å². The van der Waals surface area contributed by atoms with Crippen molar-refractivity contribution in [1.82, 2.24) is 5.32 Å². The Hall–Kier alpha value is -3.75. The van der Waals surface area contributed by atoms with Crippen molar-refractivity contribution >= 4 is 29.4 Å². The largest absolute Gasteiger partial charge is 0.495 e. The number of methoxy groups -OCH3 is 1. The number of ether oxygens (including phenoxy) is 2. The van der Waals surface area contributed by atoms with Gasteiger partial charge in [-0.15, -0.1) is 0 Å². The zero-order valence-corrected chi connectivity index (χ0v) is 17.4. The van der Waals surface area contributed by atoms with E-state index in [-0.39, 0.29) is 12.5 Å². The number of amides is 4. The number of rotatable bonds is 6. The lowest BCUT2D eigenvalue weighted by Gasteiger charge is -2.20. The Morgan fingerprint density at radius 3 is 2.23 bits per heavy atom. The molecule has 0 spiro atoms. The second kappa shape index (κ2) is 9.64. The van der Waals surface area contributed by atoms with Crippen molar-refractivity contribution in [3.8, 4) is 5.75 Å². The van der Waals surface area contributed by atoms with E-state index in [2.05, 4.69) is 16.0 Å². The molecule has 0 saturated carbocycles. The molecule has 9 heteroatoms. The SMILES string of the molecule is COc1ccc(NC(=O)c2ccc(CNC(N)=O)cc2)cc1NC(=O)OC(C)(C)C. The Kier molecular flexibility index (Phi) is 7.24. The third-order valence-electron chi connectivity index (χ3n) is 3.78. The molecule has 0 radical (unpaired) electrons. The number of nitrogens with one attached hydrogen (secondary N) is 3. The van der Waals surface area contributed by atoms with Gasteiger partial charge in [0, 0.05) is 17.8 Å². The fourth-order valence-corrected chi connectivity index (χ4v) is 2.46. The molecule has 0 aliphatic rings. The summed E-state index contributed by atoms with van der Waals surface area (Å²) in [5, 5.41) is 7.86. The van der Waals surface area contributed by atoms with Gasteiger partial charge < -0.3 is 25.8 Å². The van der Waals surface area contributed by atoms with Gasteiger partial charge in [0.15, 0.2) is 0 Å². The number of hydrogen-bond acceptors (Lipinski definition) is 5. The first-order valence-corrected chi connectivity index (χ1v) is 9.19. The van der Waals surface area contributed by atoms with Gasteiger partial charge in [0.2, 0.25) is 0 Å². The molecule has 0 atom stereocenters. The van der Waals surface area contributed by atoms with Crippen LogP contribution in [0.1, 0.15) is 36.7 Å². The van der Waals surface area contributed by atoms with E-state index in [0.29, 0.717) is 22.7 Å². The van der Waals surface area contributed by atoms with Crippen LogP contribution in [0, 0.1) is 0 Å². The fourth-order valence-electron chi connectivity index (χ4n) is 2.46. The Morgan fingerprint density at radius 2 is 1.67 bits per heavy atom. The number of carbonyl (C=O) groups excluding carboxylic acids is 3. The Morgan fingerprint density at radius 1 is 1.00 bits per heavy atom. The van der Waals surface area contributed by atoms with Crippen LogP contribution >= 0.6 is 0 Å². The highest BCUT2D eigenvalue weighted by Crippen LogP contribution is 2.28. The van der Waals surface area contributed by atoms with Crippen molar-refractivity contribution in [2.24, 2.45) is 5.73 Å². The molecule has 0 aliphatic carbocycles. The molecule has 4 amide bonds. The zero-order chi connectivity index (χ0) is 22.3. The zero-order valence-electron chi connectivity index (χ0n) is 17.4. The third-order valence-corrected chi connectivity index (χ3v) is 3.78. The maximum Gasteiger partial charge on any atom is 0.412 e. The van der Waals surface area contributed by atoms with E-state index in [1.807, 2.05) is 0 Å². The van der Waals surface area contributed by atoms with E-state index in [1.165, 1.54) is 7.11 Å². The van der Waals surface area contributed by atoms with E-state index in [1.54, 1.807) is 63.2 Å². The van der Waals surface area contributed by atoms with Crippen LogP contribution in [0.3, 0.4) is 0 Å². The first kappa shape index (κ1) is 22.5. The van der Waals surface area contributed by atoms with Crippen LogP contribution in [-0.2, 0) is 11.3 Å². The quantitative estimate of drug-likeness (QED) is 0.575. The summed E-state index contributed by atoms with van der Waals surface area (Å²) in [6.07, 6.45) is -0.635. The number of hydrogen-bond donors (Lipinski definition) is 4. The first-order chi connectivity index (χ1) is 14.1. The minimum absolute atomic E-state index is 0.273. The molecular formula is C21H26N4O5. The van der Waals surface area contributed by atoms with Crippen LogP contribution in [0.4, 0.5) is 21.0 Å². The molecule has 0 heterocycles. The van der Waals surface area contributed by atoms with Gasteiger partial charge in [-0.1, -0.05) is 12.1 Å². The lowest BCUT2D eigenvalue weighted by Crippen LogP contribution is -2.28. The van der Waals surface area contributed by atoms with Crippen LogP contribution in [0.15, 0.2) is 42.5 Å². The lowest BCUT2D eigenvalue weighted by atomic mass is 10.1. The summed E-state index contributed by atoms with van der Waals surface area (Å²) < 4.78 is 10.5. The second-order valence-electron chi connectivity index (χ2n) is 7.41. The summed E-state index contributed by atoms with van der Waals surface area (Å²) in [4.78, 5) is 35.4. The van der Waals surface area contributed by atoms with Gasteiger partial charge in [0.05, 0.1) is 12.8 Å². The third kappa shape index (κ3) is 7.01. The summed E-state index contributed by atoms with van der Waals surface area (Å²) in [5.74, 6) is 0.0861. The number of anilines is 2. The fraction of sp³-hybridized carbons (Fsp3) is 0.286. The van der Waals surface area contributed by atoms with E-state index in [0.717, 1.165) is 5.56 Å². The van der Waals surface area contributed by atoms with Gasteiger partial charge in [-0.25, -0.2) is 9.59 Å². The lowest BCUT2D eigenvalue weighted by molar-refractivity contribution is 0.0635. The van der Waals surface area contributed by atoms with Crippen LogP contribution < -0.4 is 26.4 Å². The first-order valence-electron chi connectivity index (χ1n) is 9.19. The van der Waals surface area contributed by atoms with Crippen molar-refractivity contribution in [2.75, 3.05) is 17.7 Å². The number of urea groups is 1. The van der Waals surface area contributed by atoms with E-state index in [4.69, 9.17) is 15.2 Å². The minimum atomic E-state index is -0.651. The van der Waals surface area contributed by atoms with Crippen molar-refractivity contribution in [2.45, 2.75) is 32.9 Å². The van der Waals surface area contributed by atoms with Crippen molar-refractivity contribution in [3.63, 3.8) is 0 Å². The summed E-state index contributed by atoms with van der Waals surface area (Å²) in [6, 6.07) is 10.9. The number of carbonyl (C=O) groups is 3. The summed E-state index contributed by atoms with van der Waals surface area (Å²) >= 11 is 0. The molecule has 0 unspecified atom stereocenters. The van der Waals surface area contributed by atoms with Crippen LogP contribution in [-0.4, -0.2) is 30.7 Å². The van der Waals surface area contributed by atoms with Crippen LogP contribution in [0.25, 0.3) is 0 Å². The predicted octanol–water partition coefficient (Wildman–Crippen LogP) is 3.46.